The Balaban J connectivity index is 1.55. The van der Waals surface area contributed by atoms with Crippen LogP contribution >= 0.6 is 0 Å². The molecule has 3 heteroatoms. The SMILES string of the molecule is CCOC1CC(NC2CCc3ccccc3C2)C1OC. The predicted molar refractivity (Wildman–Crippen MR) is 80.0 cm³/mol. The summed E-state index contributed by atoms with van der Waals surface area (Å²) in [6.07, 6.45) is 5.12. The maximum absolute atomic E-state index is 5.69. The Morgan fingerprint density at radius 1 is 1.25 bits per heavy atom. The van der Waals surface area contributed by atoms with E-state index < -0.39 is 0 Å². The first-order valence-corrected chi connectivity index (χ1v) is 7.79. The van der Waals surface area contributed by atoms with E-state index in [1.54, 1.807) is 7.11 Å². The van der Waals surface area contributed by atoms with Crippen LogP contribution in [0.5, 0.6) is 0 Å². The first kappa shape index (κ1) is 14.1. The molecule has 2 aliphatic carbocycles. The topological polar surface area (TPSA) is 30.5 Å². The molecule has 0 aromatic heterocycles. The van der Waals surface area contributed by atoms with Crippen LogP contribution in [0.3, 0.4) is 0 Å². The molecule has 110 valence electrons. The van der Waals surface area contributed by atoms with E-state index in [1.807, 2.05) is 6.92 Å². The monoisotopic (exact) mass is 275 g/mol. The summed E-state index contributed by atoms with van der Waals surface area (Å²) >= 11 is 0. The van der Waals surface area contributed by atoms with Gasteiger partial charge in [-0.25, -0.2) is 0 Å². The van der Waals surface area contributed by atoms with Crippen LogP contribution in [0.15, 0.2) is 24.3 Å². The molecule has 3 nitrogen and oxygen atoms in total. The number of fused-ring (bicyclic) bond motifs is 1. The molecule has 4 unspecified atom stereocenters. The zero-order valence-electron chi connectivity index (χ0n) is 12.5. The number of rotatable bonds is 5. The van der Waals surface area contributed by atoms with Gasteiger partial charge in [-0.15, -0.1) is 0 Å². The molecular formula is C17H25NO2. The van der Waals surface area contributed by atoms with Crippen molar-refractivity contribution < 1.29 is 9.47 Å². The molecule has 2 aliphatic rings. The fraction of sp³-hybridized carbons (Fsp3) is 0.647. The van der Waals surface area contributed by atoms with E-state index >= 15 is 0 Å². The van der Waals surface area contributed by atoms with Gasteiger partial charge in [0.05, 0.1) is 12.2 Å². The third-order valence-electron chi connectivity index (χ3n) is 4.70. The van der Waals surface area contributed by atoms with Gasteiger partial charge in [-0.05, 0) is 43.7 Å². The molecule has 0 heterocycles. The highest BCUT2D eigenvalue weighted by atomic mass is 16.5. The summed E-state index contributed by atoms with van der Waals surface area (Å²) in [6.45, 7) is 2.82. The lowest BCUT2D eigenvalue weighted by Gasteiger charge is -2.45. The standard InChI is InChI=1S/C17H25NO2/c1-3-20-16-11-15(17(16)19-2)18-14-9-8-12-6-4-5-7-13(12)10-14/h4-7,14-18H,3,8-11H2,1-2H3. The van der Waals surface area contributed by atoms with Gasteiger partial charge in [0.15, 0.2) is 0 Å². The lowest BCUT2D eigenvalue weighted by Crippen LogP contribution is -2.62. The van der Waals surface area contributed by atoms with E-state index in [1.165, 1.54) is 24.0 Å². The van der Waals surface area contributed by atoms with Gasteiger partial charge in [0.25, 0.3) is 0 Å². The summed E-state index contributed by atoms with van der Waals surface area (Å²) in [5, 5.41) is 3.78. The second-order valence-corrected chi connectivity index (χ2v) is 5.91. The molecule has 1 fully saturated rings. The summed E-state index contributed by atoms with van der Waals surface area (Å²) in [5.74, 6) is 0. The van der Waals surface area contributed by atoms with Crippen LogP contribution in [-0.4, -0.2) is 38.0 Å². The average Bonchev–Trinajstić information content (AvgIpc) is 2.46. The van der Waals surface area contributed by atoms with Crippen LogP contribution < -0.4 is 5.32 Å². The van der Waals surface area contributed by atoms with E-state index in [0.717, 1.165) is 19.4 Å². The number of nitrogens with one attached hydrogen (secondary N) is 1. The van der Waals surface area contributed by atoms with E-state index in [9.17, 15) is 0 Å². The maximum Gasteiger partial charge on any atom is 0.0986 e. The first-order chi connectivity index (χ1) is 9.81. The summed E-state index contributed by atoms with van der Waals surface area (Å²) in [6, 6.07) is 9.85. The minimum Gasteiger partial charge on any atom is -0.377 e. The van der Waals surface area contributed by atoms with Gasteiger partial charge in [0.2, 0.25) is 0 Å². The fourth-order valence-electron chi connectivity index (χ4n) is 3.58. The van der Waals surface area contributed by atoms with E-state index in [2.05, 4.69) is 29.6 Å². The molecule has 3 rings (SSSR count). The van der Waals surface area contributed by atoms with Gasteiger partial charge < -0.3 is 14.8 Å². The molecule has 0 radical (unpaired) electrons. The number of benzene rings is 1. The summed E-state index contributed by atoms with van der Waals surface area (Å²) in [7, 11) is 1.79. The van der Waals surface area contributed by atoms with Crippen molar-refractivity contribution in [3.63, 3.8) is 0 Å². The van der Waals surface area contributed by atoms with Crippen LogP contribution in [-0.2, 0) is 22.3 Å². The van der Waals surface area contributed by atoms with Crippen molar-refractivity contribution in [3.05, 3.63) is 35.4 Å². The highest BCUT2D eigenvalue weighted by Crippen LogP contribution is 2.29. The Bertz CT molecular complexity index is 448. The van der Waals surface area contributed by atoms with Gasteiger partial charge in [-0.3, -0.25) is 0 Å². The highest BCUT2D eigenvalue weighted by molar-refractivity contribution is 5.30. The Morgan fingerprint density at radius 3 is 2.80 bits per heavy atom. The molecule has 1 aromatic carbocycles. The van der Waals surface area contributed by atoms with Crippen LogP contribution in [0.2, 0.25) is 0 Å². The van der Waals surface area contributed by atoms with Crippen LogP contribution in [0.4, 0.5) is 0 Å². The van der Waals surface area contributed by atoms with Crippen molar-refractivity contribution in [2.45, 2.75) is 56.9 Å². The van der Waals surface area contributed by atoms with Crippen molar-refractivity contribution >= 4 is 0 Å². The molecule has 0 saturated heterocycles. The minimum atomic E-state index is 0.215. The molecule has 0 bridgehead atoms. The third-order valence-corrected chi connectivity index (χ3v) is 4.70. The normalized spacial score (nSPS) is 32.5. The lowest BCUT2D eigenvalue weighted by atomic mass is 9.82. The van der Waals surface area contributed by atoms with Crippen molar-refractivity contribution in [2.24, 2.45) is 0 Å². The maximum atomic E-state index is 5.69. The summed E-state index contributed by atoms with van der Waals surface area (Å²) in [4.78, 5) is 0. The number of methoxy groups -OCH3 is 1. The van der Waals surface area contributed by atoms with Gasteiger partial charge >= 0.3 is 0 Å². The largest absolute Gasteiger partial charge is 0.377 e. The lowest BCUT2D eigenvalue weighted by molar-refractivity contribution is -0.133. The van der Waals surface area contributed by atoms with Gasteiger partial charge in [0, 0.05) is 25.8 Å². The Labute approximate surface area is 121 Å². The molecule has 20 heavy (non-hydrogen) atoms. The number of aryl methyl sites for hydroxylation is 1. The quantitative estimate of drug-likeness (QED) is 0.894. The number of ether oxygens (including phenoxy) is 2. The number of hydrogen-bond acceptors (Lipinski definition) is 3. The van der Waals surface area contributed by atoms with Crippen molar-refractivity contribution in [1.29, 1.82) is 0 Å². The Morgan fingerprint density at radius 2 is 2.05 bits per heavy atom. The van der Waals surface area contributed by atoms with Gasteiger partial charge in [-0.2, -0.15) is 0 Å². The molecule has 4 atom stereocenters. The molecule has 0 aliphatic heterocycles. The van der Waals surface area contributed by atoms with Crippen molar-refractivity contribution in [2.75, 3.05) is 13.7 Å². The molecule has 1 aromatic rings. The highest BCUT2D eigenvalue weighted by Gasteiger charge is 2.42. The predicted octanol–water partition coefficient (Wildman–Crippen LogP) is 2.33. The van der Waals surface area contributed by atoms with Crippen LogP contribution in [0.1, 0.15) is 30.9 Å². The smallest absolute Gasteiger partial charge is 0.0986 e. The van der Waals surface area contributed by atoms with E-state index in [4.69, 9.17) is 9.47 Å². The molecule has 0 amide bonds. The van der Waals surface area contributed by atoms with E-state index in [0.29, 0.717) is 12.1 Å². The van der Waals surface area contributed by atoms with Crippen LogP contribution in [0, 0.1) is 0 Å². The minimum absolute atomic E-state index is 0.215. The molecular weight excluding hydrogens is 250 g/mol. The summed E-state index contributed by atoms with van der Waals surface area (Å²) < 4.78 is 11.3. The average molecular weight is 275 g/mol. The Hall–Kier alpha value is -0.900. The zero-order chi connectivity index (χ0) is 13.9. The molecule has 1 saturated carbocycles. The molecule has 0 spiro atoms. The fourth-order valence-corrected chi connectivity index (χ4v) is 3.58. The number of hydrogen-bond donors (Lipinski definition) is 1. The second kappa shape index (κ2) is 6.25. The summed E-state index contributed by atoms with van der Waals surface area (Å²) in [5.41, 5.74) is 3.03. The van der Waals surface area contributed by atoms with E-state index in [-0.39, 0.29) is 12.2 Å². The first-order valence-electron chi connectivity index (χ1n) is 7.79. The van der Waals surface area contributed by atoms with Crippen molar-refractivity contribution in [1.82, 2.24) is 5.32 Å². The third kappa shape index (κ3) is 2.76. The zero-order valence-corrected chi connectivity index (χ0v) is 12.5. The Kier molecular flexibility index (Phi) is 4.39. The molecule has 1 N–H and O–H groups in total. The van der Waals surface area contributed by atoms with Crippen LogP contribution in [0.25, 0.3) is 0 Å². The second-order valence-electron chi connectivity index (χ2n) is 5.91. The van der Waals surface area contributed by atoms with Crippen molar-refractivity contribution in [3.8, 4) is 0 Å². The van der Waals surface area contributed by atoms with Gasteiger partial charge in [0.1, 0.15) is 0 Å². The van der Waals surface area contributed by atoms with Gasteiger partial charge in [-0.1, -0.05) is 24.3 Å².